The van der Waals surface area contributed by atoms with Gasteiger partial charge in [0.2, 0.25) is 0 Å². The molecule has 1 aromatic heterocycles. The Labute approximate surface area is 127 Å². The third kappa shape index (κ3) is 3.42. The topological polar surface area (TPSA) is 28.2 Å². The molecule has 0 saturated heterocycles. The van der Waals surface area contributed by atoms with Crippen LogP contribution in [0.2, 0.25) is 0 Å². The number of anilines is 1. The Balaban J connectivity index is 1.70. The van der Waals surface area contributed by atoms with Crippen LogP contribution in [0.15, 0.2) is 42.5 Å². The number of rotatable bonds is 5. The highest BCUT2D eigenvalue weighted by atomic mass is 15.2. The van der Waals surface area contributed by atoms with Crippen LogP contribution in [0.1, 0.15) is 30.8 Å². The van der Waals surface area contributed by atoms with E-state index in [1.165, 1.54) is 11.3 Å². The lowest BCUT2D eigenvalue weighted by Gasteiger charge is -2.19. The molecule has 2 aromatic rings. The molecule has 0 atom stereocenters. The summed E-state index contributed by atoms with van der Waals surface area (Å²) in [5.74, 6) is 0. The van der Waals surface area contributed by atoms with E-state index in [-0.39, 0.29) is 0 Å². The molecule has 1 aliphatic heterocycles. The average Bonchev–Trinajstić information content (AvgIpc) is 2.89. The Morgan fingerprint density at radius 3 is 2.76 bits per heavy atom. The number of hydrogen-bond donors (Lipinski definition) is 1. The number of hydrogen-bond acceptors (Lipinski definition) is 3. The fourth-order valence-corrected chi connectivity index (χ4v) is 2.79. The van der Waals surface area contributed by atoms with Gasteiger partial charge in [-0.2, -0.15) is 0 Å². The first-order valence-corrected chi connectivity index (χ1v) is 7.73. The van der Waals surface area contributed by atoms with Crippen molar-refractivity contribution in [3.63, 3.8) is 0 Å². The van der Waals surface area contributed by atoms with Crippen molar-refractivity contribution in [1.82, 2.24) is 10.3 Å². The lowest BCUT2D eigenvalue weighted by molar-refractivity contribution is 0.580. The van der Waals surface area contributed by atoms with E-state index in [0.29, 0.717) is 6.04 Å². The zero-order valence-electron chi connectivity index (χ0n) is 12.8. The van der Waals surface area contributed by atoms with Crippen molar-refractivity contribution in [3.8, 4) is 0 Å². The molecule has 3 heteroatoms. The van der Waals surface area contributed by atoms with Crippen LogP contribution in [0.25, 0.3) is 0 Å². The Morgan fingerprint density at radius 1 is 1.10 bits per heavy atom. The molecule has 110 valence electrons. The van der Waals surface area contributed by atoms with Crippen LogP contribution in [0.5, 0.6) is 0 Å². The molecule has 3 nitrogen and oxygen atoms in total. The highest BCUT2D eigenvalue weighted by Gasteiger charge is 2.18. The van der Waals surface area contributed by atoms with Crippen molar-refractivity contribution < 1.29 is 0 Å². The van der Waals surface area contributed by atoms with Crippen molar-refractivity contribution in [2.75, 3.05) is 11.4 Å². The number of pyridine rings is 1. The highest BCUT2D eigenvalue weighted by molar-refractivity contribution is 5.57. The zero-order chi connectivity index (χ0) is 14.7. The monoisotopic (exact) mass is 281 g/mol. The maximum absolute atomic E-state index is 4.78. The molecule has 21 heavy (non-hydrogen) atoms. The summed E-state index contributed by atoms with van der Waals surface area (Å²) in [6.07, 6.45) is 1.14. The second-order valence-corrected chi connectivity index (χ2v) is 5.96. The highest BCUT2D eigenvalue weighted by Crippen LogP contribution is 2.28. The first kappa shape index (κ1) is 14.1. The third-order valence-electron chi connectivity index (χ3n) is 3.89. The van der Waals surface area contributed by atoms with Gasteiger partial charge in [0.05, 0.1) is 17.9 Å². The van der Waals surface area contributed by atoms with Crippen molar-refractivity contribution in [1.29, 1.82) is 0 Å². The minimum absolute atomic E-state index is 0.487. The van der Waals surface area contributed by atoms with Crippen LogP contribution in [0.3, 0.4) is 0 Å². The molecule has 3 rings (SSSR count). The number of benzene rings is 1. The van der Waals surface area contributed by atoms with Crippen LogP contribution >= 0.6 is 0 Å². The summed E-state index contributed by atoms with van der Waals surface area (Å²) in [6.45, 7) is 7.14. The summed E-state index contributed by atoms with van der Waals surface area (Å²) in [5, 5.41) is 3.42. The molecule has 0 fully saturated rings. The summed E-state index contributed by atoms with van der Waals surface area (Å²) >= 11 is 0. The summed E-state index contributed by atoms with van der Waals surface area (Å²) in [7, 11) is 0. The summed E-state index contributed by atoms with van der Waals surface area (Å²) in [4.78, 5) is 7.20. The van der Waals surface area contributed by atoms with Crippen LogP contribution < -0.4 is 10.2 Å². The SMILES string of the molecule is CC(C)NCc1cccc(CN2CCc3ccccc32)n1. The van der Waals surface area contributed by atoms with Crippen LogP contribution in [0, 0.1) is 0 Å². The van der Waals surface area contributed by atoms with Crippen molar-refractivity contribution in [2.24, 2.45) is 0 Å². The molecule has 0 aliphatic carbocycles. The Hall–Kier alpha value is -1.87. The lowest BCUT2D eigenvalue weighted by atomic mass is 10.2. The number of aromatic nitrogens is 1. The lowest BCUT2D eigenvalue weighted by Crippen LogP contribution is -2.23. The van der Waals surface area contributed by atoms with E-state index in [4.69, 9.17) is 4.98 Å². The van der Waals surface area contributed by atoms with Gasteiger partial charge in [-0.15, -0.1) is 0 Å². The van der Waals surface area contributed by atoms with Crippen molar-refractivity contribution >= 4 is 5.69 Å². The molecule has 0 saturated carbocycles. The summed E-state index contributed by atoms with van der Waals surface area (Å²) < 4.78 is 0. The third-order valence-corrected chi connectivity index (χ3v) is 3.89. The Kier molecular flexibility index (Phi) is 4.20. The van der Waals surface area contributed by atoms with E-state index in [9.17, 15) is 0 Å². The largest absolute Gasteiger partial charge is 0.365 e. The van der Waals surface area contributed by atoms with Gasteiger partial charge in [0.1, 0.15) is 0 Å². The molecule has 1 N–H and O–H groups in total. The minimum atomic E-state index is 0.487. The first-order valence-electron chi connectivity index (χ1n) is 7.73. The standard InChI is InChI=1S/C18H23N3/c1-14(2)19-12-16-7-5-8-17(20-16)13-21-11-10-15-6-3-4-9-18(15)21/h3-9,14,19H,10-13H2,1-2H3. The van der Waals surface area contributed by atoms with Gasteiger partial charge in [-0.05, 0) is 30.2 Å². The van der Waals surface area contributed by atoms with E-state index < -0.39 is 0 Å². The normalized spacial score (nSPS) is 13.8. The molecular weight excluding hydrogens is 258 g/mol. The van der Waals surface area contributed by atoms with Crippen LogP contribution in [0.4, 0.5) is 5.69 Å². The zero-order valence-corrected chi connectivity index (χ0v) is 12.8. The maximum Gasteiger partial charge on any atom is 0.0602 e. The first-order chi connectivity index (χ1) is 10.2. The Morgan fingerprint density at radius 2 is 1.90 bits per heavy atom. The molecule has 0 bridgehead atoms. The molecular formula is C18H23N3. The van der Waals surface area contributed by atoms with Crippen LogP contribution in [-0.2, 0) is 19.5 Å². The molecule has 1 aromatic carbocycles. The number of nitrogens with one attached hydrogen (secondary N) is 1. The number of para-hydroxylation sites is 1. The van der Waals surface area contributed by atoms with Gasteiger partial charge in [0.25, 0.3) is 0 Å². The summed E-state index contributed by atoms with van der Waals surface area (Å²) in [5.41, 5.74) is 5.09. The van der Waals surface area contributed by atoms with Gasteiger partial charge in [-0.25, -0.2) is 0 Å². The van der Waals surface area contributed by atoms with Crippen molar-refractivity contribution in [3.05, 3.63) is 59.4 Å². The average molecular weight is 281 g/mol. The van der Waals surface area contributed by atoms with E-state index >= 15 is 0 Å². The van der Waals surface area contributed by atoms with Gasteiger partial charge >= 0.3 is 0 Å². The number of nitrogens with zero attached hydrogens (tertiary/aromatic N) is 2. The Bertz CT molecular complexity index is 607. The second-order valence-electron chi connectivity index (χ2n) is 5.96. The molecule has 0 amide bonds. The maximum atomic E-state index is 4.78. The molecule has 2 heterocycles. The predicted molar refractivity (Wildman–Crippen MR) is 87.4 cm³/mol. The summed E-state index contributed by atoms with van der Waals surface area (Å²) in [6, 6.07) is 15.5. The molecule has 0 spiro atoms. The van der Waals surface area contributed by atoms with E-state index in [2.05, 4.69) is 66.5 Å². The van der Waals surface area contributed by atoms with Gasteiger partial charge in [-0.1, -0.05) is 38.1 Å². The second kappa shape index (κ2) is 6.27. The van der Waals surface area contributed by atoms with Gasteiger partial charge in [-0.3, -0.25) is 4.98 Å². The van der Waals surface area contributed by atoms with Crippen molar-refractivity contribution in [2.45, 2.75) is 39.4 Å². The molecule has 1 aliphatic rings. The fraction of sp³-hybridized carbons (Fsp3) is 0.389. The van der Waals surface area contributed by atoms with Gasteiger partial charge in [0, 0.05) is 24.8 Å². The molecule has 0 radical (unpaired) electrons. The molecule has 0 unspecified atom stereocenters. The smallest absolute Gasteiger partial charge is 0.0602 e. The van der Waals surface area contributed by atoms with Gasteiger partial charge < -0.3 is 10.2 Å². The minimum Gasteiger partial charge on any atom is -0.365 e. The van der Waals surface area contributed by atoms with E-state index in [0.717, 1.165) is 37.4 Å². The number of fused-ring (bicyclic) bond motifs is 1. The van der Waals surface area contributed by atoms with E-state index in [1.807, 2.05) is 0 Å². The van der Waals surface area contributed by atoms with E-state index in [1.54, 1.807) is 0 Å². The predicted octanol–water partition coefficient (Wildman–Crippen LogP) is 3.14. The van der Waals surface area contributed by atoms with Gasteiger partial charge in [0.15, 0.2) is 0 Å². The fourth-order valence-electron chi connectivity index (χ4n) is 2.79. The quantitative estimate of drug-likeness (QED) is 0.912. The van der Waals surface area contributed by atoms with Crippen LogP contribution in [-0.4, -0.2) is 17.6 Å².